The van der Waals surface area contributed by atoms with Crippen molar-refractivity contribution in [2.45, 2.75) is 64.5 Å². The third kappa shape index (κ3) is 4.27. The number of aryl methyl sites for hydroxylation is 1. The van der Waals surface area contributed by atoms with Crippen LogP contribution in [-0.4, -0.2) is 24.8 Å². The first-order valence-electron chi connectivity index (χ1n) is 8.17. The van der Waals surface area contributed by atoms with Gasteiger partial charge in [0.05, 0.1) is 5.60 Å². The molecule has 0 aliphatic carbocycles. The predicted octanol–water partition coefficient (Wildman–Crippen LogP) is 4.00. The summed E-state index contributed by atoms with van der Waals surface area (Å²) in [7, 11) is 0. The monoisotopic (exact) mass is 293 g/mol. The van der Waals surface area contributed by atoms with E-state index in [9.17, 15) is 4.39 Å². The zero-order chi connectivity index (χ0) is 15.3. The van der Waals surface area contributed by atoms with Crippen LogP contribution in [0.2, 0.25) is 0 Å². The van der Waals surface area contributed by atoms with Crippen molar-refractivity contribution in [2.24, 2.45) is 0 Å². The van der Waals surface area contributed by atoms with Gasteiger partial charge < -0.3 is 10.1 Å². The van der Waals surface area contributed by atoms with Gasteiger partial charge in [0.25, 0.3) is 0 Å². The Kier molecular flexibility index (Phi) is 5.77. The summed E-state index contributed by atoms with van der Waals surface area (Å²) in [5.41, 5.74) is 2.12. The second kappa shape index (κ2) is 7.37. The second-order valence-electron chi connectivity index (χ2n) is 6.40. The van der Waals surface area contributed by atoms with Gasteiger partial charge in [-0.05, 0) is 75.8 Å². The van der Waals surface area contributed by atoms with Crippen molar-refractivity contribution in [1.29, 1.82) is 0 Å². The van der Waals surface area contributed by atoms with Gasteiger partial charge in [0, 0.05) is 12.6 Å². The van der Waals surface area contributed by atoms with E-state index in [1.165, 1.54) is 12.0 Å². The zero-order valence-electron chi connectivity index (χ0n) is 13.5. The molecule has 1 aliphatic rings. The normalized spacial score (nSPS) is 24.0. The molecule has 1 N–H and O–H groups in total. The molecule has 0 bridgehead atoms. The first-order chi connectivity index (χ1) is 10.0. The van der Waals surface area contributed by atoms with Gasteiger partial charge in [-0.15, -0.1) is 0 Å². The topological polar surface area (TPSA) is 21.3 Å². The highest BCUT2D eigenvalue weighted by Crippen LogP contribution is 2.30. The fourth-order valence-electron chi connectivity index (χ4n) is 3.16. The number of nitrogens with one attached hydrogen (secondary N) is 1. The molecule has 3 heteroatoms. The third-order valence-corrected chi connectivity index (χ3v) is 4.61. The van der Waals surface area contributed by atoms with Crippen molar-refractivity contribution in [3.8, 4) is 0 Å². The van der Waals surface area contributed by atoms with Crippen LogP contribution in [0.3, 0.4) is 0 Å². The van der Waals surface area contributed by atoms with E-state index < -0.39 is 0 Å². The van der Waals surface area contributed by atoms with Crippen molar-refractivity contribution in [3.63, 3.8) is 0 Å². The van der Waals surface area contributed by atoms with Gasteiger partial charge >= 0.3 is 0 Å². The molecule has 2 unspecified atom stereocenters. The summed E-state index contributed by atoms with van der Waals surface area (Å²) in [6, 6.07) is 5.37. The smallest absolute Gasteiger partial charge is 0.123 e. The molecule has 1 aromatic rings. The Bertz CT molecular complexity index is 455. The van der Waals surface area contributed by atoms with E-state index in [4.69, 9.17) is 4.74 Å². The minimum absolute atomic E-state index is 0.117. The summed E-state index contributed by atoms with van der Waals surface area (Å²) in [5, 5.41) is 3.65. The standard InChI is InChI=1S/C18H28FNO/c1-4-10-20-17(18(3)9-5-6-11-21-18)13-15-7-8-16(19)12-14(15)2/h7-8,12,17,20H,4-6,9-11,13H2,1-3H3. The van der Waals surface area contributed by atoms with Crippen molar-refractivity contribution < 1.29 is 9.13 Å². The Balaban J connectivity index is 2.15. The molecule has 2 nitrogen and oxygen atoms in total. The fourth-order valence-corrected chi connectivity index (χ4v) is 3.16. The van der Waals surface area contributed by atoms with Crippen LogP contribution >= 0.6 is 0 Å². The number of hydrogen-bond donors (Lipinski definition) is 1. The average molecular weight is 293 g/mol. The lowest BCUT2D eigenvalue weighted by molar-refractivity contribution is -0.0883. The van der Waals surface area contributed by atoms with Gasteiger partial charge in [-0.25, -0.2) is 4.39 Å². The maximum atomic E-state index is 13.3. The molecule has 1 heterocycles. The lowest BCUT2D eigenvalue weighted by Crippen LogP contribution is -2.53. The predicted molar refractivity (Wildman–Crippen MR) is 85.1 cm³/mol. The quantitative estimate of drug-likeness (QED) is 0.856. The van der Waals surface area contributed by atoms with E-state index >= 15 is 0 Å². The van der Waals surface area contributed by atoms with Crippen molar-refractivity contribution in [1.82, 2.24) is 5.32 Å². The highest BCUT2D eigenvalue weighted by atomic mass is 19.1. The molecule has 21 heavy (non-hydrogen) atoms. The van der Waals surface area contributed by atoms with Gasteiger partial charge in [-0.2, -0.15) is 0 Å². The van der Waals surface area contributed by atoms with E-state index in [1.807, 2.05) is 13.0 Å². The van der Waals surface area contributed by atoms with Crippen LogP contribution in [0.4, 0.5) is 4.39 Å². The summed E-state index contributed by atoms with van der Waals surface area (Å²) < 4.78 is 19.4. The summed E-state index contributed by atoms with van der Waals surface area (Å²) in [6.45, 7) is 8.22. The Hall–Kier alpha value is -0.930. The molecule has 0 saturated carbocycles. The minimum atomic E-state index is -0.158. The summed E-state index contributed by atoms with van der Waals surface area (Å²) in [4.78, 5) is 0. The maximum Gasteiger partial charge on any atom is 0.123 e. The van der Waals surface area contributed by atoms with Crippen molar-refractivity contribution in [3.05, 3.63) is 35.1 Å². The van der Waals surface area contributed by atoms with E-state index in [0.29, 0.717) is 0 Å². The lowest BCUT2D eigenvalue weighted by atomic mass is 9.84. The van der Waals surface area contributed by atoms with Crippen LogP contribution < -0.4 is 5.32 Å². The fraction of sp³-hybridized carbons (Fsp3) is 0.667. The maximum absolute atomic E-state index is 13.3. The van der Waals surface area contributed by atoms with Crippen LogP contribution in [0.5, 0.6) is 0 Å². The molecular weight excluding hydrogens is 265 g/mol. The Morgan fingerprint density at radius 2 is 2.19 bits per heavy atom. The molecule has 1 fully saturated rings. The Labute approximate surface area is 128 Å². The van der Waals surface area contributed by atoms with Crippen LogP contribution in [0, 0.1) is 12.7 Å². The molecule has 118 valence electrons. The molecule has 0 amide bonds. The summed E-state index contributed by atoms with van der Waals surface area (Å²) in [5.74, 6) is -0.158. The van der Waals surface area contributed by atoms with E-state index in [1.54, 1.807) is 12.1 Å². The highest BCUT2D eigenvalue weighted by Gasteiger charge is 2.36. The first-order valence-corrected chi connectivity index (χ1v) is 8.17. The number of benzene rings is 1. The summed E-state index contributed by atoms with van der Waals surface area (Å²) in [6.07, 6.45) is 5.47. The number of ether oxygens (including phenoxy) is 1. The Morgan fingerprint density at radius 1 is 1.38 bits per heavy atom. The second-order valence-corrected chi connectivity index (χ2v) is 6.40. The lowest BCUT2D eigenvalue weighted by Gasteiger charge is -2.41. The molecule has 0 aromatic heterocycles. The molecule has 0 spiro atoms. The first kappa shape index (κ1) is 16.4. The van der Waals surface area contributed by atoms with Gasteiger partial charge in [0.1, 0.15) is 5.82 Å². The van der Waals surface area contributed by atoms with Crippen LogP contribution in [0.15, 0.2) is 18.2 Å². The molecular formula is C18H28FNO. The van der Waals surface area contributed by atoms with Crippen molar-refractivity contribution in [2.75, 3.05) is 13.2 Å². The molecule has 0 radical (unpaired) electrons. The molecule has 1 saturated heterocycles. The highest BCUT2D eigenvalue weighted by molar-refractivity contribution is 5.28. The third-order valence-electron chi connectivity index (χ3n) is 4.61. The SMILES string of the molecule is CCCNC(Cc1ccc(F)cc1C)C1(C)CCCCO1. The molecule has 1 aromatic carbocycles. The van der Waals surface area contributed by atoms with Gasteiger partial charge in [0.15, 0.2) is 0 Å². The van der Waals surface area contributed by atoms with Crippen molar-refractivity contribution >= 4 is 0 Å². The molecule has 1 aliphatic heterocycles. The largest absolute Gasteiger partial charge is 0.374 e. The molecule has 2 rings (SSSR count). The van der Waals surface area contributed by atoms with Crippen LogP contribution in [-0.2, 0) is 11.2 Å². The van der Waals surface area contributed by atoms with Gasteiger partial charge in [-0.1, -0.05) is 13.0 Å². The van der Waals surface area contributed by atoms with E-state index in [-0.39, 0.29) is 17.5 Å². The van der Waals surface area contributed by atoms with Gasteiger partial charge in [0.2, 0.25) is 0 Å². The van der Waals surface area contributed by atoms with Crippen LogP contribution in [0.25, 0.3) is 0 Å². The van der Waals surface area contributed by atoms with Crippen LogP contribution in [0.1, 0.15) is 50.7 Å². The zero-order valence-corrected chi connectivity index (χ0v) is 13.5. The Morgan fingerprint density at radius 3 is 2.81 bits per heavy atom. The summed E-state index contributed by atoms with van der Waals surface area (Å²) >= 11 is 0. The van der Waals surface area contributed by atoms with E-state index in [2.05, 4.69) is 19.2 Å². The van der Waals surface area contributed by atoms with Gasteiger partial charge in [-0.3, -0.25) is 0 Å². The number of hydrogen-bond acceptors (Lipinski definition) is 2. The van der Waals surface area contributed by atoms with E-state index in [0.717, 1.165) is 44.4 Å². The minimum Gasteiger partial charge on any atom is -0.374 e. The average Bonchev–Trinajstić information content (AvgIpc) is 2.46. The molecule has 2 atom stereocenters. The number of halogens is 1. The number of rotatable bonds is 6.